The van der Waals surface area contributed by atoms with Crippen molar-refractivity contribution >= 4 is 16.6 Å². The van der Waals surface area contributed by atoms with Crippen LogP contribution in [0.4, 0.5) is 10.1 Å². The Morgan fingerprint density at radius 3 is 2.58 bits per heavy atom. The highest BCUT2D eigenvalue weighted by atomic mass is 19.1. The molecule has 1 N–H and O–H groups in total. The zero-order valence-corrected chi connectivity index (χ0v) is 20.4. The molecule has 4 aromatic rings. The summed E-state index contributed by atoms with van der Waals surface area (Å²) < 4.78 is 16.4. The number of pyridine rings is 1. The lowest BCUT2D eigenvalue weighted by Crippen LogP contribution is -2.49. The number of aromatic nitrogens is 5. The Bertz CT molecular complexity index is 1430. The molecule has 0 spiro atoms. The summed E-state index contributed by atoms with van der Waals surface area (Å²) in [6.45, 7) is 4.61. The molecule has 2 fully saturated rings. The fourth-order valence-electron chi connectivity index (χ4n) is 5.75. The van der Waals surface area contributed by atoms with Crippen molar-refractivity contribution in [2.75, 3.05) is 31.1 Å². The summed E-state index contributed by atoms with van der Waals surface area (Å²) in [5.74, 6) is 0.493. The number of hydrogen-bond acceptors (Lipinski definition) is 6. The van der Waals surface area contributed by atoms with E-state index >= 15 is 0 Å². The van der Waals surface area contributed by atoms with Gasteiger partial charge in [0.2, 0.25) is 0 Å². The number of nitrogens with one attached hydrogen (secondary N) is 1. The van der Waals surface area contributed by atoms with Gasteiger partial charge in [-0.3, -0.25) is 9.69 Å². The average Bonchev–Trinajstić information content (AvgIpc) is 3.58. The molecule has 36 heavy (non-hydrogen) atoms. The van der Waals surface area contributed by atoms with Crippen molar-refractivity contribution in [3.8, 4) is 0 Å². The van der Waals surface area contributed by atoms with Gasteiger partial charge in [-0.15, -0.1) is 5.10 Å². The quantitative estimate of drug-likeness (QED) is 0.458. The summed E-state index contributed by atoms with van der Waals surface area (Å²) in [5.41, 5.74) is 3.04. The topological polar surface area (TPSA) is 82.9 Å². The highest BCUT2D eigenvalue weighted by Gasteiger charge is 2.35. The van der Waals surface area contributed by atoms with Crippen molar-refractivity contribution in [3.63, 3.8) is 0 Å². The molecule has 0 radical (unpaired) electrons. The van der Waals surface area contributed by atoms with E-state index in [0.29, 0.717) is 43.3 Å². The van der Waals surface area contributed by atoms with Crippen molar-refractivity contribution in [1.82, 2.24) is 30.1 Å². The van der Waals surface area contributed by atoms with E-state index in [1.807, 2.05) is 41.9 Å². The lowest BCUT2D eigenvalue weighted by atomic mass is 10.0. The van der Waals surface area contributed by atoms with Gasteiger partial charge < -0.3 is 9.88 Å². The highest BCUT2D eigenvalue weighted by Crippen LogP contribution is 2.34. The fourth-order valence-corrected chi connectivity index (χ4v) is 5.75. The first-order valence-corrected chi connectivity index (χ1v) is 12.7. The number of aromatic amines is 1. The lowest BCUT2D eigenvalue weighted by Gasteiger charge is -2.39. The number of tetrazole rings is 1. The van der Waals surface area contributed by atoms with Gasteiger partial charge in [-0.25, -0.2) is 9.07 Å². The van der Waals surface area contributed by atoms with Crippen LogP contribution in [-0.4, -0.2) is 56.3 Å². The minimum Gasteiger partial charge on any atom is -0.367 e. The Hall–Kier alpha value is -3.59. The fraction of sp³-hybridized carbons (Fsp3) is 0.407. The van der Waals surface area contributed by atoms with E-state index in [-0.39, 0.29) is 17.4 Å². The number of para-hydroxylation sites is 1. The molecule has 2 aromatic carbocycles. The summed E-state index contributed by atoms with van der Waals surface area (Å²) in [7, 11) is 0. The van der Waals surface area contributed by atoms with Crippen molar-refractivity contribution in [3.05, 3.63) is 81.7 Å². The summed E-state index contributed by atoms with van der Waals surface area (Å²) in [6, 6.07) is 14.8. The monoisotopic (exact) mass is 487 g/mol. The van der Waals surface area contributed by atoms with Crippen LogP contribution in [0.2, 0.25) is 0 Å². The zero-order chi connectivity index (χ0) is 24.6. The second-order valence-corrected chi connectivity index (χ2v) is 9.94. The third-order valence-corrected chi connectivity index (χ3v) is 7.63. The Morgan fingerprint density at radius 2 is 1.81 bits per heavy atom. The van der Waals surface area contributed by atoms with E-state index in [1.54, 1.807) is 6.07 Å². The normalized spacial score (nSPS) is 18.2. The molecule has 186 valence electrons. The maximum Gasteiger partial charge on any atom is 0.253 e. The molecule has 0 amide bonds. The zero-order valence-electron chi connectivity index (χ0n) is 20.4. The summed E-state index contributed by atoms with van der Waals surface area (Å²) >= 11 is 0. The van der Waals surface area contributed by atoms with Gasteiger partial charge in [0.1, 0.15) is 11.9 Å². The Labute approximate surface area is 208 Å². The van der Waals surface area contributed by atoms with Crippen LogP contribution in [0.25, 0.3) is 10.9 Å². The van der Waals surface area contributed by atoms with Gasteiger partial charge >= 0.3 is 0 Å². The Morgan fingerprint density at radius 1 is 1.03 bits per heavy atom. The van der Waals surface area contributed by atoms with Gasteiger partial charge in [0.15, 0.2) is 5.82 Å². The predicted octanol–water partition coefficient (Wildman–Crippen LogP) is 3.99. The number of rotatable bonds is 5. The molecule has 1 saturated carbocycles. The second kappa shape index (κ2) is 9.46. The van der Waals surface area contributed by atoms with Crippen LogP contribution in [0.5, 0.6) is 0 Å². The number of H-pyrrole nitrogens is 1. The van der Waals surface area contributed by atoms with Crippen LogP contribution in [0.15, 0.2) is 53.3 Å². The first-order valence-electron chi connectivity index (χ1n) is 12.7. The molecule has 0 bridgehead atoms. The maximum absolute atomic E-state index is 14.4. The number of benzene rings is 2. The summed E-state index contributed by atoms with van der Waals surface area (Å²) in [5, 5.41) is 13.9. The summed E-state index contributed by atoms with van der Waals surface area (Å²) in [4.78, 5) is 20.9. The molecule has 3 heterocycles. The largest absolute Gasteiger partial charge is 0.367 e. The maximum atomic E-state index is 14.4. The molecule has 2 aromatic heterocycles. The molecule has 1 aliphatic heterocycles. The second-order valence-electron chi connectivity index (χ2n) is 9.94. The minimum atomic E-state index is -0.391. The summed E-state index contributed by atoms with van der Waals surface area (Å²) in [6.07, 6.45) is 4.40. The predicted molar refractivity (Wildman–Crippen MR) is 137 cm³/mol. The van der Waals surface area contributed by atoms with Gasteiger partial charge in [0.25, 0.3) is 5.56 Å². The smallest absolute Gasteiger partial charge is 0.253 e. The molecular weight excluding hydrogens is 457 g/mol. The number of hydrogen-bond donors (Lipinski definition) is 1. The third kappa shape index (κ3) is 4.17. The van der Waals surface area contributed by atoms with Crippen LogP contribution in [0.3, 0.4) is 0 Å². The molecule has 1 atom stereocenters. The number of halogens is 1. The van der Waals surface area contributed by atoms with Crippen LogP contribution in [-0.2, 0) is 0 Å². The lowest BCUT2D eigenvalue weighted by molar-refractivity contribution is 0.196. The van der Waals surface area contributed by atoms with Crippen LogP contribution < -0.4 is 10.5 Å². The van der Waals surface area contributed by atoms with E-state index in [9.17, 15) is 9.18 Å². The van der Waals surface area contributed by atoms with Gasteiger partial charge in [-0.2, -0.15) is 0 Å². The van der Waals surface area contributed by atoms with Crippen molar-refractivity contribution in [2.45, 2.75) is 44.7 Å². The molecule has 1 saturated heterocycles. The van der Waals surface area contributed by atoms with Crippen molar-refractivity contribution in [2.24, 2.45) is 0 Å². The Kier molecular flexibility index (Phi) is 6.00. The number of piperazine rings is 1. The van der Waals surface area contributed by atoms with E-state index in [1.165, 1.54) is 6.07 Å². The van der Waals surface area contributed by atoms with Crippen molar-refractivity contribution in [1.29, 1.82) is 0 Å². The molecule has 6 rings (SSSR count). The van der Waals surface area contributed by atoms with E-state index in [2.05, 4.69) is 36.4 Å². The number of fused-ring (bicyclic) bond motifs is 1. The molecular formula is C27H30FN7O. The van der Waals surface area contributed by atoms with Crippen molar-refractivity contribution < 1.29 is 4.39 Å². The molecule has 2 aliphatic rings. The van der Waals surface area contributed by atoms with Crippen LogP contribution in [0, 0.1) is 12.7 Å². The van der Waals surface area contributed by atoms with Gasteiger partial charge in [0.05, 0.1) is 11.7 Å². The molecule has 0 unspecified atom stereocenters. The molecule has 9 heteroatoms. The number of anilines is 1. The molecule has 1 aliphatic carbocycles. The van der Waals surface area contributed by atoms with Crippen LogP contribution >= 0.6 is 0 Å². The Balaban J connectivity index is 1.39. The number of nitrogens with zero attached hydrogens (tertiary/aromatic N) is 6. The minimum absolute atomic E-state index is 0.129. The van der Waals surface area contributed by atoms with Gasteiger partial charge in [-0.1, -0.05) is 37.1 Å². The molecule has 8 nitrogen and oxygen atoms in total. The standard InChI is InChI=1S/C27H30FN7O/c1-18-10-11-19-17-21(27(36)29-23(19)16-18)25(26-30-31-32-35(26)20-6-2-3-7-20)34-14-12-33(13-15-34)24-9-5-4-8-22(24)28/h4-5,8-11,16-17,20,25H,2-3,6-7,12-15H2,1H3,(H,29,36)/t25-/m0/s1. The SMILES string of the molecule is Cc1ccc2cc([C@@H](c3nnnn3C3CCCC3)N3CCN(c4ccccc4F)CC3)c(=O)[nH]c2c1. The first kappa shape index (κ1) is 22.8. The van der Waals surface area contributed by atoms with E-state index in [0.717, 1.165) is 42.1 Å². The van der Waals surface area contributed by atoms with Crippen LogP contribution in [0.1, 0.15) is 54.7 Å². The highest BCUT2D eigenvalue weighted by molar-refractivity contribution is 5.79. The first-order chi connectivity index (χ1) is 17.6. The average molecular weight is 488 g/mol. The number of aryl methyl sites for hydroxylation is 1. The van der Waals surface area contributed by atoms with E-state index in [4.69, 9.17) is 0 Å². The third-order valence-electron chi connectivity index (χ3n) is 7.63. The van der Waals surface area contributed by atoms with E-state index < -0.39 is 6.04 Å². The van der Waals surface area contributed by atoms with Gasteiger partial charge in [0, 0.05) is 37.3 Å². The van der Waals surface area contributed by atoms with Gasteiger partial charge in [-0.05, 0) is 65.4 Å².